The molecular formula is C5H9NO3. The summed E-state index contributed by atoms with van der Waals surface area (Å²) in [4.78, 5) is 10.2. The fraction of sp³-hybridized carbons (Fsp3) is 0.800. The van der Waals surface area contributed by atoms with E-state index < -0.39 is 18.2 Å². The Labute approximate surface area is 52.5 Å². The lowest BCUT2D eigenvalue weighted by Crippen LogP contribution is -2.34. The van der Waals surface area contributed by atoms with Crippen LogP contribution < -0.4 is 5.32 Å². The van der Waals surface area contributed by atoms with E-state index in [1.54, 1.807) is 0 Å². The van der Waals surface area contributed by atoms with Gasteiger partial charge in [0.05, 0.1) is 0 Å². The Morgan fingerprint density at radius 3 is 2.44 bits per heavy atom. The van der Waals surface area contributed by atoms with Crippen molar-refractivity contribution in [2.75, 3.05) is 0 Å². The zero-order valence-corrected chi connectivity index (χ0v) is 4.87. The number of aliphatic carboxylic acids is 1. The molecule has 0 bridgehead atoms. The van der Waals surface area contributed by atoms with E-state index in [0.29, 0.717) is 12.8 Å². The summed E-state index contributed by atoms with van der Waals surface area (Å²) >= 11 is 0. The van der Waals surface area contributed by atoms with Crippen molar-refractivity contribution in [1.29, 1.82) is 0 Å². The van der Waals surface area contributed by atoms with Gasteiger partial charge in [-0.1, -0.05) is 0 Å². The average Bonchev–Trinajstić information content (AvgIpc) is 2.14. The second-order valence-electron chi connectivity index (χ2n) is 2.15. The molecule has 1 fully saturated rings. The molecule has 0 radical (unpaired) electrons. The lowest BCUT2D eigenvalue weighted by Gasteiger charge is -2.03. The molecular weight excluding hydrogens is 122 g/mol. The number of rotatable bonds is 1. The van der Waals surface area contributed by atoms with Gasteiger partial charge < -0.3 is 10.2 Å². The van der Waals surface area contributed by atoms with Crippen molar-refractivity contribution < 1.29 is 15.0 Å². The number of nitrogens with one attached hydrogen (secondary N) is 1. The first-order valence-electron chi connectivity index (χ1n) is 2.87. The predicted octanol–water partition coefficient (Wildman–Crippen LogP) is -0.859. The Bertz CT molecular complexity index is 125. The Hall–Kier alpha value is -0.610. The van der Waals surface area contributed by atoms with E-state index in [0.717, 1.165) is 0 Å². The number of carboxylic acids is 1. The summed E-state index contributed by atoms with van der Waals surface area (Å²) in [6.07, 6.45) is 0.444. The van der Waals surface area contributed by atoms with Gasteiger partial charge in [-0.05, 0) is 12.8 Å². The van der Waals surface area contributed by atoms with Crippen LogP contribution in [0.3, 0.4) is 0 Å². The van der Waals surface area contributed by atoms with Gasteiger partial charge in [0.2, 0.25) is 0 Å². The van der Waals surface area contributed by atoms with Gasteiger partial charge in [0.1, 0.15) is 12.3 Å². The molecule has 0 spiro atoms. The summed E-state index contributed by atoms with van der Waals surface area (Å²) < 4.78 is 0. The summed E-state index contributed by atoms with van der Waals surface area (Å²) in [6, 6.07) is -0.542. The van der Waals surface area contributed by atoms with Crippen LogP contribution in [0.25, 0.3) is 0 Å². The first-order valence-corrected chi connectivity index (χ1v) is 2.87. The van der Waals surface area contributed by atoms with Crippen LogP contribution in [0.1, 0.15) is 12.8 Å². The van der Waals surface area contributed by atoms with Crippen LogP contribution in [0, 0.1) is 0 Å². The molecule has 4 nitrogen and oxygen atoms in total. The first kappa shape index (κ1) is 6.51. The van der Waals surface area contributed by atoms with Crippen molar-refractivity contribution in [2.24, 2.45) is 0 Å². The molecule has 52 valence electrons. The van der Waals surface area contributed by atoms with Crippen LogP contribution in [0.5, 0.6) is 0 Å². The standard InChI is InChI=1S/C5H9NO3/c7-4-2-1-3(6-4)5(8)9/h3-4,6-7H,1-2H2,(H,8,9)/t3?,4-/m1/s1. The second kappa shape index (κ2) is 2.33. The molecule has 2 atom stereocenters. The highest BCUT2D eigenvalue weighted by Crippen LogP contribution is 2.09. The van der Waals surface area contributed by atoms with Crippen molar-refractivity contribution in [3.8, 4) is 0 Å². The summed E-state index contributed by atoms with van der Waals surface area (Å²) in [7, 11) is 0. The molecule has 1 heterocycles. The van der Waals surface area contributed by atoms with Crippen LogP contribution in [-0.4, -0.2) is 28.5 Å². The minimum absolute atomic E-state index is 0.524. The third-order valence-corrected chi connectivity index (χ3v) is 1.42. The molecule has 0 aromatic rings. The molecule has 1 aliphatic rings. The van der Waals surface area contributed by atoms with E-state index in [2.05, 4.69) is 5.32 Å². The van der Waals surface area contributed by atoms with Crippen LogP contribution in [0.15, 0.2) is 0 Å². The van der Waals surface area contributed by atoms with Crippen molar-refractivity contribution in [1.82, 2.24) is 5.32 Å². The summed E-state index contributed by atoms with van der Waals surface area (Å²) in [5.74, 6) is -0.883. The van der Waals surface area contributed by atoms with E-state index >= 15 is 0 Å². The van der Waals surface area contributed by atoms with E-state index in [1.807, 2.05) is 0 Å². The van der Waals surface area contributed by atoms with Gasteiger partial charge in [-0.25, -0.2) is 0 Å². The summed E-state index contributed by atoms with van der Waals surface area (Å²) in [5.41, 5.74) is 0. The molecule has 1 unspecified atom stereocenters. The van der Waals surface area contributed by atoms with E-state index in [9.17, 15) is 4.79 Å². The summed E-state index contributed by atoms with van der Waals surface area (Å²) in [5, 5.41) is 19.6. The minimum atomic E-state index is -0.883. The molecule has 4 heteroatoms. The number of hydrogen-bond acceptors (Lipinski definition) is 3. The maximum absolute atomic E-state index is 10.2. The number of carbonyl (C=O) groups is 1. The normalized spacial score (nSPS) is 34.8. The first-order chi connectivity index (χ1) is 4.20. The van der Waals surface area contributed by atoms with Crippen molar-refractivity contribution in [2.45, 2.75) is 25.1 Å². The van der Waals surface area contributed by atoms with Gasteiger partial charge in [0.25, 0.3) is 0 Å². The third-order valence-electron chi connectivity index (χ3n) is 1.42. The fourth-order valence-corrected chi connectivity index (χ4v) is 0.918. The minimum Gasteiger partial charge on any atom is -0.480 e. The zero-order valence-electron chi connectivity index (χ0n) is 4.87. The molecule has 1 rings (SSSR count). The number of aliphatic hydroxyl groups excluding tert-OH is 1. The predicted molar refractivity (Wildman–Crippen MR) is 29.8 cm³/mol. The van der Waals surface area contributed by atoms with E-state index in [-0.39, 0.29) is 0 Å². The summed E-state index contributed by atoms with van der Waals surface area (Å²) in [6.45, 7) is 0. The highest BCUT2D eigenvalue weighted by atomic mass is 16.4. The SMILES string of the molecule is O=C(O)C1CC[C@@H](O)N1. The molecule has 0 aromatic heterocycles. The largest absolute Gasteiger partial charge is 0.480 e. The molecule has 0 saturated carbocycles. The Kier molecular flexibility index (Phi) is 1.68. The Balaban J connectivity index is 2.39. The number of aliphatic hydroxyl groups is 1. The van der Waals surface area contributed by atoms with Gasteiger partial charge >= 0.3 is 5.97 Å². The van der Waals surface area contributed by atoms with Gasteiger partial charge in [-0.15, -0.1) is 0 Å². The van der Waals surface area contributed by atoms with E-state index in [1.165, 1.54) is 0 Å². The quantitative estimate of drug-likeness (QED) is 0.433. The lowest BCUT2D eigenvalue weighted by atomic mass is 10.2. The molecule has 1 saturated heterocycles. The Morgan fingerprint density at radius 2 is 2.22 bits per heavy atom. The van der Waals surface area contributed by atoms with E-state index in [4.69, 9.17) is 10.2 Å². The number of carboxylic acid groups (broad SMARTS) is 1. The topological polar surface area (TPSA) is 69.6 Å². The smallest absolute Gasteiger partial charge is 0.320 e. The number of hydrogen-bond donors (Lipinski definition) is 3. The second-order valence-corrected chi connectivity index (χ2v) is 2.15. The monoisotopic (exact) mass is 131 g/mol. The lowest BCUT2D eigenvalue weighted by molar-refractivity contribution is -0.139. The van der Waals surface area contributed by atoms with Gasteiger partial charge in [-0.2, -0.15) is 0 Å². The van der Waals surface area contributed by atoms with Crippen molar-refractivity contribution in [3.63, 3.8) is 0 Å². The maximum Gasteiger partial charge on any atom is 0.320 e. The molecule has 0 amide bonds. The molecule has 0 aliphatic carbocycles. The molecule has 1 aliphatic heterocycles. The van der Waals surface area contributed by atoms with Gasteiger partial charge in [0, 0.05) is 0 Å². The molecule has 3 N–H and O–H groups in total. The van der Waals surface area contributed by atoms with Crippen molar-refractivity contribution >= 4 is 5.97 Å². The highest BCUT2D eigenvalue weighted by Gasteiger charge is 2.26. The van der Waals surface area contributed by atoms with Crippen LogP contribution in [0.4, 0.5) is 0 Å². The van der Waals surface area contributed by atoms with Crippen molar-refractivity contribution in [3.05, 3.63) is 0 Å². The van der Waals surface area contributed by atoms with Crippen LogP contribution in [-0.2, 0) is 4.79 Å². The Morgan fingerprint density at radius 1 is 1.56 bits per heavy atom. The van der Waals surface area contributed by atoms with Crippen LogP contribution in [0.2, 0.25) is 0 Å². The highest BCUT2D eigenvalue weighted by molar-refractivity contribution is 5.73. The third kappa shape index (κ3) is 1.40. The zero-order chi connectivity index (χ0) is 6.85. The average molecular weight is 131 g/mol. The molecule has 9 heavy (non-hydrogen) atoms. The van der Waals surface area contributed by atoms with Gasteiger partial charge in [0.15, 0.2) is 0 Å². The molecule has 0 aromatic carbocycles. The maximum atomic E-state index is 10.2. The van der Waals surface area contributed by atoms with Gasteiger partial charge in [-0.3, -0.25) is 10.1 Å². The fourth-order valence-electron chi connectivity index (χ4n) is 0.918. The van der Waals surface area contributed by atoms with Crippen LogP contribution >= 0.6 is 0 Å².